The Morgan fingerprint density at radius 2 is 2.04 bits per heavy atom. The van der Waals surface area contributed by atoms with Crippen molar-refractivity contribution in [3.63, 3.8) is 0 Å². The summed E-state index contributed by atoms with van der Waals surface area (Å²) in [7, 11) is 0. The summed E-state index contributed by atoms with van der Waals surface area (Å²) in [6.07, 6.45) is 1.34. The monoisotopic (exact) mass is 366 g/mol. The van der Waals surface area contributed by atoms with Gasteiger partial charge in [0.15, 0.2) is 0 Å². The van der Waals surface area contributed by atoms with Gasteiger partial charge in [-0.1, -0.05) is 46.7 Å². The minimum Gasteiger partial charge on any atom is -0.258 e. The molecule has 0 saturated heterocycles. The quantitative estimate of drug-likeness (QED) is 0.402. The smallest absolute Gasteiger partial charge is 0.258 e. The Labute approximate surface area is 144 Å². The van der Waals surface area contributed by atoms with Crippen LogP contribution in [0.4, 0.5) is 10.8 Å². The van der Waals surface area contributed by atoms with Crippen LogP contribution in [0.15, 0.2) is 41.5 Å². The summed E-state index contributed by atoms with van der Waals surface area (Å²) in [5.74, 6) is 0. The second kappa shape index (κ2) is 6.49. The van der Waals surface area contributed by atoms with Crippen LogP contribution in [-0.4, -0.2) is 16.1 Å². The van der Waals surface area contributed by atoms with Gasteiger partial charge in [0.05, 0.1) is 26.4 Å². The molecular formula is C14H8Cl2N4O2S. The summed E-state index contributed by atoms with van der Waals surface area (Å²) >= 11 is 13.4. The molecule has 0 atom stereocenters. The van der Waals surface area contributed by atoms with Gasteiger partial charge in [0, 0.05) is 11.6 Å². The molecule has 6 nitrogen and oxygen atoms in total. The van der Waals surface area contributed by atoms with E-state index in [1.807, 2.05) is 24.3 Å². The van der Waals surface area contributed by atoms with Crippen molar-refractivity contribution >= 4 is 61.8 Å². The van der Waals surface area contributed by atoms with Gasteiger partial charge in [0.25, 0.3) is 5.69 Å². The summed E-state index contributed by atoms with van der Waals surface area (Å²) < 4.78 is 1.02. The number of rotatable bonds is 4. The molecule has 0 amide bonds. The van der Waals surface area contributed by atoms with Crippen molar-refractivity contribution in [2.45, 2.75) is 0 Å². The minimum absolute atomic E-state index is 0.0580. The van der Waals surface area contributed by atoms with E-state index < -0.39 is 4.92 Å². The number of hydrazone groups is 1. The van der Waals surface area contributed by atoms with Crippen LogP contribution in [0.1, 0.15) is 5.56 Å². The van der Waals surface area contributed by atoms with Crippen molar-refractivity contribution in [1.82, 2.24) is 4.98 Å². The maximum Gasteiger partial charge on any atom is 0.288 e. The Bertz CT molecular complexity index is 893. The molecular weight excluding hydrogens is 359 g/mol. The van der Waals surface area contributed by atoms with Crippen LogP contribution in [0, 0.1) is 10.1 Å². The summed E-state index contributed by atoms with van der Waals surface area (Å²) in [6, 6.07) is 10.3. The third-order valence-corrected chi connectivity index (χ3v) is 4.62. The van der Waals surface area contributed by atoms with Crippen LogP contribution >= 0.6 is 34.5 Å². The molecule has 1 aromatic heterocycles. The number of para-hydroxylation sites is 1. The maximum absolute atomic E-state index is 10.9. The highest BCUT2D eigenvalue weighted by molar-refractivity contribution is 7.22. The second-order valence-corrected chi connectivity index (χ2v) is 6.22. The molecule has 3 rings (SSSR count). The maximum atomic E-state index is 10.9. The zero-order valence-corrected chi connectivity index (χ0v) is 13.7. The van der Waals surface area contributed by atoms with E-state index in [1.165, 1.54) is 29.7 Å². The molecule has 0 spiro atoms. The molecule has 1 heterocycles. The minimum atomic E-state index is -0.572. The van der Waals surface area contributed by atoms with E-state index >= 15 is 0 Å². The fourth-order valence-electron chi connectivity index (χ4n) is 1.89. The van der Waals surface area contributed by atoms with Crippen LogP contribution in [-0.2, 0) is 0 Å². The molecule has 3 aromatic rings. The van der Waals surface area contributed by atoms with E-state index in [9.17, 15) is 10.1 Å². The van der Waals surface area contributed by atoms with Gasteiger partial charge >= 0.3 is 0 Å². The molecule has 0 saturated carbocycles. The number of nitrogens with one attached hydrogen (secondary N) is 1. The lowest BCUT2D eigenvalue weighted by molar-refractivity contribution is -0.384. The summed E-state index contributed by atoms with van der Waals surface area (Å²) in [5, 5.41) is 15.7. The number of fused-ring (bicyclic) bond motifs is 1. The number of hydrogen-bond acceptors (Lipinski definition) is 6. The number of aromatic nitrogens is 1. The van der Waals surface area contributed by atoms with Gasteiger partial charge in [-0.05, 0) is 18.2 Å². The first-order chi connectivity index (χ1) is 11.1. The molecule has 0 fully saturated rings. The van der Waals surface area contributed by atoms with Gasteiger partial charge in [-0.2, -0.15) is 5.10 Å². The molecule has 0 bridgehead atoms. The molecule has 0 aliphatic rings. The average molecular weight is 367 g/mol. The SMILES string of the molecule is O=[N+]([O-])c1ccc(Cl)c(/C=N\Nc2nc3ccccc3s2)c1Cl. The van der Waals surface area contributed by atoms with Crippen LogP contribution in [0.3, 0.4) is 0 Å². The van der Waals surface area contributed by atoms with Crippen LogP contribution in [0.2, 0.25) is 10.0 Å². The first-order valence-electron chi connectivity index (χ1n) is 6.33. The summed E-state index contributed by atoms with van der Waals surface area (Å²) in [6.45, 7) is 0. The first kappa shape index (κ1) is 15.7. The number of nitro groups is 1. The molecule has 116 valence electrons. The van der Waals surface area contributed by atoms with Crippen LogP contribution in [0.5, 0.6) is 0 Å². The fraction of sp³-hybridized carbons (Fsp3) is 0. The van der Waals surface area contributed by atoms with Crippen molar-refractivity contribution in [1.29, 1.82) is 0 Å². The normalized spacial score (nSPS) is 11.2. The van der Waals surface area contributed by atoms with Gasteiger partial charge in [-0.25, -0.2) is 4.98 Å². The van der Waals surface area contributed by atoms with Gasteiger partial charge in [-0.15, -0.1) is 0 Å². The predicted octanol–water partition coefficient (Wildman–Crippen LogP) is 4.96. The number of benzene rings is 2. The number of nitro benzene ring substituents is 1. The van der Waals surface area contributed by atoms with Crippen molar-refractivity contribution < 1.29 is 4.92 Å². The van der Waals surface area contributed by atoms with E-state index in [1.54, 1.807) is 0 Å². The Balaban J connectivity index is 1.85. The fourth-order valence-corrected chi connectivity index (χ4v) is 3.24. The molecule has 0 aliphatic carbocycles. The highest BCUT2D eigenvalue weighted by Crippen LogP contribution is 2.32. The molecule has 23 heavy (non-hydrogen) atoms. The van der Waals surface area contributed by atoms with Crippen molar-refractivity contribution in [3.05, 3.63) is 62.1 Å². The van der Waals surface area contributed by atoms with Gasteiger partial charge < -0.3 is 0 Å². The highest BCUT2D eigenvalue weighted by Gasteiger charge is 2.17. The van der Waals surface area contributed by atoms with Crippen molar-refractivity contribution in [3.8, 4) is 0 Å². The van der Waals surface area contributed by atoms with Crippen LogP contribution in [0.25, 0.3) is 10.2 Å². The lowest BCUT2D eigenvalue weighted by Gasteiger charge is -2.02. The Kier molecular flexibility index (Phi) is 4.42. The molecule has 2 aromatic carbocycles. The van der Waals surface area contributed by atoms with E-state index in [2.05, 4.69) is 15.5 Å². The molecule has 9 heteroatoms. The second-order valence-electron chi connectivity index (χ2n) is 4.41. The molecule has 0 aliphatic heterocycles. The third kappa shape index (κ3) is 3.26. The number of anilines is 1. The Morgan fingerprint density at radius 1 is 1.26 bits per heavy atom. The number of nitrogens with zero attached hydrogens (tertiary/aromatic N) is 3. The van der Waals surface area contributed by atoms with Crippen molar-refractivity contribution in [2.24, 2.45) is 5.10 Å². The van der Waals surface area contributed by atoms with E-state index in [-0.39, 0.29) is 21.3 Å². The average Bonchev–Trinajstić information content (AvgIpc) is 2.92. The number of halogens is 2. The summed E-state index contributed by atoms with van der Waals surface area (Å²) in [5.41, 5.74) is 3.69. The van der Waals surface area contributed by atoms with Crippen molar-refractivity contribution in [2.75, 3.05) is 5.43 Å². The van der Waals surface area contributed by atoms with Gasteiger partial charge in [0.2, 0.25) is 5.13 Å². The standard InChI is InChI=1S/C14H8Cl2N4O2S/c15-9-5-6-11(20(21)22)13(16)8(9)7-17-19-14-18-10-3-1-2-4-12(10)23-14/h1-7H,(H,18,19)/b17-7-. The topological polar surface area (TPSA) is 80.4 Å². The molecule has 0 unspecified atom stereocenters. The van der Waals surface area contributed by atoms with E-state index in [0.29, 0.717) is 5.13 Å². The van der Waals surface area contributed by atoms with E-state index in [4.69, 9.17) is 23.2 Å². The number of hydrogen-bond donors (Lipinski definition) is 1. The van der Waals surface area contributed by atoms with Crippen LogP contribution < -0.4 is 5.43 Å². The predicted molar refractivity (Wildman–Crippen MR) is 94.0 cm³/mol. The van der Waals surface area contributed by atoms with Gasteiger partial charge in [0.1, 0.15) is 5.02 Å². The van der Waals surface area contributed by atoms with E-state index in [0.717, 1.165) is 10.2 Å². The summed E-state index contributed by atoms with van der Waals surface area (Å²) in [4.78, 5) is 14.7. The Morgan fingerprint density at radius 3 is 2.78 bits per heavy atom. The molecule has 0 radical (unpaired) electrons. The lowest BCUT2D eigenvalue weighted by atomic mass is 10.2. The number of thiazole rings is 1. The van der Waals surface area contributed by atoms with Gasteiger partial charge in [-0.3, -0.25) is 15.5 Å². The largest absolute Gasteiger partial charge is 0.288 e. The zero-order valence-electron chi connectivity index (χ0n) is 11.4. The molecule has 1 N–H and O–H groups in total. The first-order valence-corrected chi connectivity index (χ1v) is 7.90. The zero-order chi connectivity index (χ0) is 16.4. The Hall–Kier alpha value is -2.22. The lowest BCUT2D eigenvalue weighted by Crippen LogP contribution is -1.96. The third-order valence-electron chi connectivity index (χ3n) is 2.95. The highest BCUT2D eigenvalue weighted by atomic mass is 35.5.